The number of benzene rings is 2. The number of rotatable bonds is 10. The zero-order chi connectivity index (χ0) is 22.1. The summed E-state index contributed by atoms with van der Waals surface area (Å²) < 4.78 is 6.84. The lowest BCUT2D eigenvalue weighted by atomic mass is 10.0. The van der Waals surface area contributed by atoms with Gasteiger partial charge in [0, 0.05) is 17.6 Å². The van der Waals surface area contributed by atoms with Crippen molar-refractivity contribution in [1.29, 1.82) is 0 Å². The number of hydrogen-bond acceptors (Lipinski definition) is 3. The topological polar surface area (TPSA) is 58.6 Å². The number of hydrogen-bond donors (Lipinski definition) is 1. The molecule has 0 saturated carbocycles. The number of para-hydroxylation sites is 1. The standard InChI is InChI=1S/C24H31BrN2O3/c1-5-14-26-24(29)18(4)27(15-19-10-12-20(25)13-11-19)23(28)16-30-22-9-7-6-8-21(22)17(2)3/h6-13,17-18H,5,14-16H2,1-4H3,(H,26,29). The third-order valence-corrected chi connectivity index (χ3v) is 5.40. The first-order valence-electron chi connectivity index (χ1n) is 10.4. The molecule has 0 saturated heterocycles. The summed E-state index contributed by atoms with van der Waals surface area (Å²) in [6, 6.07) is 14.9. The van der Waals surface area contributed by atoms with E-state index in [1.807, 2.05) is 55.5 Å². The monoisotopic (exact) mass is 474 g/mol. The van der Waals surface area contributed by atoms with Crippen molar-refractivity contribution in [3.63, 3.8) is 0 Å². The van der Waals surface area contributed by atoms with Crippen LogP contribution in [0.1, 0.15) is 51.2 Å². The average Bonchev–Trinajstić information content (AvgIpc) is 2.75. The molecule has 1 unspecified atom stereocenters. The molecule has 1 atom stereocenters. The summed E-state index contributed by atoms with van der Waals surface area (Å²) in [6.45, 7) is 8.73. The van der Waals surface area contributed by atoms with Crippen LogP contribution in [0.4, 0.5) is 0 Å². The molecule has 0 fully saturated rings. The Morgan fingerprint density at radius 3 is 2.37 bits per heavy atom. The summed E-state index contributed by atoms with van der Waals surface area (Å²) in [7, 11) is 0. The predicted octanol–water partition coefficient (Wildman–Crippen LogP) is 4.89. The third kappa shape index (κ3) is 6.87. The van der Waals surface area contributed by atoms with Crippen LogP contribution >= 0.6 is 15.9 Å². The van der Waals surface area contributed by atoms with Crippen LogP contribution in [0.5, 0.6) is 5.75 Å². The average molecular weight is 475 g/mol. The van der Waals surface area contributed by atoms with Crippen LogP contribution in [0, 0.1) is 0 Å². The van der Waals surface area contributed by atoms with Crippen LogP contribution in [0.15, 0.2) is 53.0 Å². The van der Waals surface area contributed by atoms with E-state index in [1.165, 1.54) is 0 Å². The molecule has 0 bridgehead atoms. The molecule has 2 amide bonds. The van der Waals surface area contributed by atoms with Crippen LogP contribution in [-0.2, 0) is 16.1 Å². The normalized spacial score (nSPS) is 11.8. The fourth-order valence-electron chi connectivity index (χ4n) is 3.08. The molecular weight excluding hydrogens is 444 g/mol. The number of amides is 2. The Kier molecular flexibility index (Phi) is 9.37. The lowest BCUT2D eigenvalue weighted by Gasteiger charge is -2.29. The SMILES string of the molecule is CCCNC(=O)C(C)N(Cc1ccc(Br)cc1)C(=O)COc1ccccc1C(C)C. The van der Waals surface area contributed by atoms with E-state index in [9.17, 15) is 9.59 Å². The van der Waals surface area contributed by atoms with E-state index in [1.54, 1.807) is 11.8 Å². The molecule has 1 N–H and O–H groups in total. The maximum atomic E-state index is 13.1. The summed E-state index contributed by atoms with van der Waals surface area (Å²) in [5.74, 6) is 0.599. The van der Waals surface area contributed by atoms with Crippen molar-refractivity contribution in [3.8, 4) is 5.75 Å². The molecule has 0 spiro atoms. The van der Waals surface area contributed by atoms with Gasteiger partial charge in [-0.1, -0.05) is 67.0 Å². The number of carbonyl (C=O) groups is 2. The van der Waals surface area contributed by atoms with Crippen LogP contribution in [0.3, 0.4) is 0 Å². The van der Waals surface area contributed by atoms with Crippen LogP contribution < -0.4 is 10.1 Å². The highest BCUT2D eigenvalue weighted by atomic mass is 79.9. The second kappa shape index (κ2) is 11.7. The van der Waals surface area contributed by atoms with Gasteiger partial charge in [-0.3, -0.25) is 9.59 Å². The molecule has 0 aliphatic carbocycles. The van der Waals surface area contributed by atoms with Gasteiger partial charge in [-0.2, -0.15) is 0 Å². The molecule has 0 aliphatic rings. The number of carbonyl (C=O) groups excluding carboxylic acids is 2. The van der Waals surface area contributed by atoms with Gasteiger partial charge in [-0.15, -0.1) is 0 Å². The summed E-state index contributed by atoms with van der Waals surface area (Å²) in [5.41, 5.74) is 2.00. The second-order valence-electron chi connectivity index (χ2n) is 7.60. The number of halogens is 1. The Hall–Kier alpha value is -2.34. The second-order valence-corrected chi connectivity index (χ2v) is 8.51. The summed E-state index contributed by atoms with van der Waals surface area (Å²) in [4.78, 5) is 27.2. The van der Waals surface area contributed by atoms with Gasteiger partial charge in [0.15, 0.2) is 6.61 Å². The van der Waals surface area contributed by atoms with E-state index in [0.29, 0.717) is 18.8 Å². The van der Waals surface area contributed by atoms with E-state index < -0.39 is 6.04 Å². The Balaban J connectivity index is 2.16. The van der Waals surface area contributed by atoms with E-state index >= 15 is 0 Å². The highest BCUT2D eigenvalue weighted by molar-refractivity contribution is 9.10. The van der Waals surface area contributed by atoms with Gasteiger partial charge in [0.05, 0.1) is 0 Å². The Labute approximate surface area is 187 Å². The largest absolute Gasteiger partial charge is 0.483 e. The summed E-state index contributed by atoms with van der Waals surface area (Å²) in [5, 5.41) is 2.88. The summed E-state index contributed by atoms with van der Waals surface area (Å²) >= 11 is 3.43. The van der Waals surface area contributed by atoms with Crippen molar-refractivity contribution in [2.24, 2.45) is 0 Å². The Morgan fingerprint density at radius 2 is 1.73 bits per heavy atom. The number of nitrogens with one attached hydrogen (secondary N) is 1. The minimum Gasteiger partial charge on any atom is -0.483 e. The van der Waals surface area contributed by atoms with Crippen molar-refractivity contribution < 1.29 is 14.3 Å². The van der Waals surface area contributed by atoms with Crippen LogP contribution in [-0.4, -0.2) is 35.9 Å². The van der Waals surface area contributed by atoms with Gasteiger partial charge in [0.2, 0.25) is 5.91 Å². The van der Waals surface area contributed by atoms with Crippen LogP contribution in [0.2, 0.25) is 0 Å². The maximum Gasteiger partial charge on any atom is 0.261 e. The molecule has 2 aromatic rings. The van der Waals surface area contributed by atoms with Gasteiger partial charge < -0.3 is 15.0 Å². The first-order valence-corrected chi connectivity index (χ1v) is 11.2. The highest BCUT2D eigenvalue weighted by Gasteiger charge is 2.26. The summed E-state index contributed by atoms with van der Waals surface area (Å²) in [6.07, 6.45) is 0.841. The smallest absolute Gasteiger partial charge is 0.261 e. The molecule has 2 aromatic carbocycles. The van der Waals surface area contributed by atoms with Crippen molar-refractivity contribution in [2.45, 2.75) is 52.6 Å². The zero-order valence-electron chi connectivity index (χ0n) is 18.2. The van der Waals surface area contributed by atoms with Crippen LogP contribution in [0.25, 0.3) is 0 Å². The van der Waals surface area contributed by atoms with Gasteiger partial charge in [-0.05, 0) is 48.6 Å². The van der Waals surface area contributed by atoms with E-state index in [4.69, 9.17) is 4.74 Å². The fourth-order valence-corrected chi connectivity index (χ4v) is 3.34. The molecule has 30 heavy (non-hydrogen) atoms. The molecule has 0 radical (unpaired) electrons. The maximum absolute atomic E-state index is 13.1. The third-order valence-electron chi connectivity index (χ3n) is 4.87. The highest BCUT2D eigenvalue weighted by Crippen LogP contribution is 2.26. The predicted molar refractivity (Wildman–Crippen MR) is 123 cm³/mol. The minimum absolute atomic E-state index is 0.119. The lowest BCUT2D eigenvalue weighted by molar-refractivity contribution is -0.142. The first-order chi connectivity index (χ1) is 14.3. The molecule has 162 valence electrons. The molecule has 6 heteroatoms. The van der Waals surface area contributed by atoms with Gasteiger partial charge >= 0.3 is 0 Å². The zero-order valence-corrected chi connectivity index (χ0v) is 19.7. The van der Waals surface area contributed by atoms with Gasteiger partial charge in [-0.25, -0.2) is 0 Å². The quantitative estimate of drug-likeness (QED) is 0.532. The first kappa shape index (κ1) is 23.9. The van der Waals surface area contributed by atoms with Crippen molar-refractivity contribution in [1.82, 2.24) is 10.2 Å². The van der Waals surface area contributed by atoms with Crippen molar-refractivity contribution in [3.05, 3.63) is 64.1 Å². The van der Waals surface area contributed by atoms with Crippen molar-refractivity contribution in [2.75, 3.05) is 13.2 Å². The number of nitrogens with zero attached hydrogens (tertiary/aromatic N) is 1. The van der Waals surface area contributed by atoms with Crippen molar-refractivity contribution >= 4 is 27.7 Å². The molecule has 0 heterocycles. The molecule has 2 rings (SSSR count). The van der Waals surface area contributed by atoms with E-state index in [-0.39, 0.29) is 24.3 Å². The van der Waals surface area contributed by atoms with Gasteiger partial charge in [0.1, 0.15) is 11.8 Å². The van der Waals surface area contributed by atoms with E-state index in [0.717, 1.165) is 22.0 Å². The molecule has 0 aromatic heterocycles. The Morgan fingerprint density at radius 1 is 1.07 bits per heavy atom. The minimum atomic E-state index is -0.600. The van der Waals surface area contributed by atoms with E-state index in [2.05, 4.69) is 35.1 Å². The molecular formula is C24H31BrN2O3. The Bertz CT molecular complexity index is 837. The van der Waals surface area contributed by atoms with Gasteiger partial charge in [0.25, 0.3) is 5.91 Å². The lowest BCUT2D eigenvalue weighted by Crippen LogP contribution is -2.49. The fraction of sp³-hybridized carbons (Fsp3) is 0.417. The number of ether oxygens (including phenoxy) is 1. The molecule has 5 nitrogen and oxygen atoms in total. The molecule has 0 aliphatic heterocycles.